The van der Waals surface area contributed by atoms with E-state index in [1.165, 1.54) is 23.9 Å². The largest absolute Gasteiger partial charge is 0.454 e. The van der Waals surface area contributed by atoms with Gasteiger partial charge in [-0.25, -0.2) is 9.40 Å². The lowest BCUT2D eigenvalue weighted by Gasteiger charge is -2.23. The number of hydrazone groups is 1. The predicted octanol–water partition coefficient (Wildman–Crippen LogP) is 4.73. The van der Waals surface area contributed by atoms with E-state index >= 15 is 0 Å². The molecule has 0 saturated heterocycles. The number of carbonyl (C=O) groups excluding carboxylic acids is 2. The summed E-state index contributed by atoms with van der Waals surface area (Å²) in [7, 11) is 0. The molecule has 0 fully saturated rings. The van der Waals surface area contributed by atoms with Crippen LogP contribution in [0.5, 0.6) is 11.5 Å². The minimum Gasteiger partial charge on any atom is -0.454 e. The van der Waals surface area contributed by atoms with Crippen LogP contribution in [0.4, 0.5) is 10.1 Å². The van der Waals surface area contributed by atoms with Gasteiger partial charge < -0.3 is 14.8 Å². The highest BCUT2D eigenvalue weighted by atomic mass is 32.2. The van der Waals surface area contributed by atoms with Crippen LogP contribution >= 0.6 is 11.8 Å². The maximum Gasteiger partial charge on any atom is 0.262 e. The van der Waals surface area contributed by atoms with Crippen LogP contribution in [0.25, 0.3) is 0 Å². The van der Waals surface area contributed by atoms with E-state index in [1.807, 2.05) is 30.3 Å². The molecular formula is C27H21FN4O4S. The van der Waals surface area contributed by atoms with Crippen molar-refractivity contribution >= 4 is 40.1 Å². The molecule has 6 rings (SSSR count). The first-order chi connectivity index (χ1) is 18.0. The predicted molar refractivity (Wildman–Crippen MR) is 138 cm³/mol. The van der Waals surface area contributed by atoms with Crippen LogP contribution in [0, 0.1) is 5.82 Å². The molecule has 10 heteroatoms. The van der Waals surface area contributed by atoms with Crippen molar-refractivity contribution in [1.29, 1.82) is 0 Å². The van der Waals surface area contributed by atoms with Crippen LogP contribution < -0.4 is 14.8 Å². The Bertz CT molecular complexity index is 1430. The Morgan fingerprint density at radius 2 is 1.84 bits per heavy atom. The van der Waals surface area contributed by atoms with Gasteiger partial charge in [-0.15, -0.1) is 0 Å². The highest BCUT2D eigenvalue weighted by Crippen LogP contribution is 2.39. The number of thioether (sulfide) groups is 1. The average Bonchev–Trinajstić information content (AvgIpc) is 3.64. The topological polar surface area (TPSA) is 92.6 Å². The van der Waals surface area contributed by atoms with E-state index < -0.39 is 5.25 Å². The molecule has 3 aliphatic heterocycles. The van der Waals surface area contributed by atoms with Crippen LogP contribution in [-0.4, -0.2) is 39.7 Å². The lowest BCUT2D eigenvalue weighted by Crippen LogP contribution is -2.25. The van der Waals surface area contributed by atoms with Crippen LogP contribution in [-0.2, 0) is 9.59 Å². The molecule has 3 heterocycles. The number of anilines is 1. The molecular weight excluding hydrogens is 495 g/mol. The SMILES string of the molecule is O=C(C[C@@H]1SC(N2N=C(c3ccccc3)C[C@@H]2c2ccc(F)cc2)=NC1=O)Nc1ccc2c(c1)OCO2. The second-order valence-corrected chi connectivity index (χ2v) is 9.86. The summed E-state index contributed by atoms with van der Waals surface area (Å²) in [5.41, 5.74) is 3.22. The summed E-state index contributed by atoms with van der Waals surface area (Å²) in [6, 6.07) is 20.9. The van der Waals surface area contributed by atoms with Gasteiger partial charge in [-0.05, 0) is 35.4 Å². The molecule has 3 aliphatic rings. The van der Waals surface area contributed by atoms with Crippen molar-refractivity contribution in [3.8, 4) is 11.5 Å². The molecule has 8 nitrogen and oxygen atoms in total. The minimum absolute atomic E-state index is 0.0464. The Balaban J connectivity index is 1.18. The number of fused-ring (bicyclic) bond motifs is 1. The normalized spacial score (nSPS) is 20.1. The fourth-order valence-electron chi connectivity index (χ4n) is 4.40. The van der Waals surface area contributed by atoms with Crippen LogP contribution in [0.2, 0.25) is 0 Å². The summed E-state index contributed by atoms with van der Waals surface area (Å²) >= 11 is 1.21. The number of benzene rings is 3. The van der Waals surface area contributed by atoms with Gasteiger partial charge in [0.25, 0.3) is 5.91 Å². The van der Waals surface area contributed by atoms with Gasteiger partial charge >= 0.3 is 0 Å². The monoisotopic (exact) mass is 516 g/mol. The molecule has 0 aliphatic carbocycles. The molecule has 0 radical (unpaired) electrons. The lowest BCUT2D eigenvalue weighted by atomic mass is 9.99. The van der Waals surface area contributed by atoms with Crippen LogP contribution in [0.1, 0.15) is 30.0 Å². The Morgan fingerprint density at radius 1 is 1.05 bits per heavy atom. The van der Waals surface area contributed by atoms with Crippen LogP contribution in [0.15, 0.2) is 82.9 Å². The fourth-order valence-corrected chi connectivity index (χ4v) is 5.46. The van der Waals surface area contributed by atoms with Crippen molar-refractivity contribution in [1.82, 2.24) is 5.01 Å². The van der Waals surface area contributed by atoms with Gasteiger partial charge in [-0.3, -0.25) is 9.59 Å². The van der Waals surface area contributed by atoms with Gasteiger partial charge in [-0.1, -0.05) is 54.2 Å². The van der Waals surface area contributed by atoms with E-state index in [0.29, 0.717) is 28.8 Å². The van der Waals surface area contributed by atoms with Gasteiger partial charge in [0, 0.05) is 24.6 Å². The van der Waals surface area contributed by atoms with Gasteiger partial charge in [0.2, 0.25) is 12.7 Å². The Morgan fingerprint density at radius 3 is 2.65 bits per heavy atom. The number of rotatable bonds is 5. The summed E-state index contributed by atoms with van der Waals surface area (Å²) in [6.07, 6.45) is 0.522. The zero-order valence-corrected chi connectivity index (χ0v) is 20.3. The van der Waals surface area contributed by atoms with Gasteiger partial charge in [0.05, 0.1) is 11.8 Å². The number of carbonyl (C=O) groups is 2. The highest BCUT2D eigenvalue weighted by Gasteiger charge is 2.39. The molecule has 2 atom stereocenters. The average molecular weight is 517 g/mol. The molecule has 2 amide bonds. The van der Waals surface area contributed by atoms with E-state index in [4.69, 9.17) is 14.6 Å². The lowest BCUT2D eigenvalue weighted by molar-refractivity contribution is -0.121. The number of aliphatic imine (C=N–C) groups is 1. The molecule has 0 unspecified atom stereocenters. The number of amidine groups is 1. The molecule has 0 bridgehead atoms. The van der Waals surface area contributed by atoms with E-state index in [-0.39, 0.29) is 36.9 Å². The number of nitrogens with one attached hydrogen (secondary N) is 1. The number of amides is 2. The Hall–Kier alpha value is -4.18. The second-order valence-electron chi connectivity index (χ2n) is 8.69. The van der Waals surface area contributed by atoms with Crippen molar-refractivity contribution in [2.75, 3.05) is 12.1 Å². The van der Waals surface area contributed by atoms with E-state index in [2.05, 4.69) is 10.3 Å². The first-order valence-corrected chi connectivity index (χ1v) is 12.6. The minimum atomic E-state index is -0.672. The van der Waals surface area contributed by atoms with Gasteiger partial charge in [0.1, 0.15) is 11.1 Å². The first-order valence-electron chi connectivity index (χ1n) is 11.7. The number of halogens is 1. The first kappa shape index (κ1) is 23.2. The molecule has 3 aromatic rings. The van der Waals surface area contributed by atoms with Gasteiger partial charge in [0.15, 0.2) is 16.7 Å². The van der Waals surface area contributed by atoms with Crippen molar-refractivity contribution in [3.05, 3.63) is 89.7 Å². The molecule has 186 valence electrons. The zero-order valence-electron chi connectivity index (χ0n) is 19.5. The second kappa shape index (κ2) is 9.70. The number of nitrogens with zero attached hydrogens (tertiary/aromatic N) is 3. The Kier molecular flexibility index (Phi) is 6.09. The van der Waals surface area contributed by atoms with Crippen molar-refractivity contribution in [2.45, 2.75) is 24.1 Å². The maximum atomic E-state index is 13.6. The summed E-state index contributed by atoms with van der Waals surface area (Å²) in [5, 5.41) is 9.07. The van der Waals surface area contributed by atoms with Crippen LogP contribution in [0.3, 0.4) is 0 Å². The summed E-state index contributed by atoms with van der Waals surface area (Å²) < 4.78 is 24.2. The van der Waals surface area contributed by atoms with E-state index in [9.17, 15) is 14.0 Å². The summed E-state index contributed by atoms with van der Waals surface area (Å²) in [4.78, 5) is 29.7. The molecule has 0 spiro atoms. The third kappa shape index (κ3) is 4.79. The zero-order chi connectivity index (χ0) is 25.4. The Labute approximate surface area is 216 Å². The molecule has 37 heavy (non-hydrogen) atoms. The molecule has 3 aromatic carbocycles. The summed E-state index contributed by atoms with van der Waals surface area (Å²) in [6.45, 7) is 0.143. The molecule has 0 aromatic heterocycles. The third-order valence-corrected chi connectivity index (χ3v) is 7.37. The summed E-state index contributed by atoms with van der Waals surface area (Å²) in [5.74, 6) is 0.152. The number of hydrogen-bond donors (Lipinski definition) is 1. The van der Waals surface area contributed by atoms with Crippen molar-refractivity contribution < 1.29 is 23.5 Å². The number of ether oxygens (including phenoxy) is 2. The van der Waals surface area contributed by atoms with Gasteiger partial charge in [-0.2, -0.15) is 10.1 Å². The quantitative estimate of drug-likeness (QED) is 0.527. The maximum absolute atomic E-state index is 13.6. The molecule has 0 saturated carbocycles. The molecule has 1 N–H and O–H groups in total. The van der Waals surface area contributed by atoms with E-state index in [0.717, 1.165) is 16.8 Å². The standard InChI is InChI=1S/C27H21FN4O4S/c28-18-8-6-17(7-9-18)21-13-20(16-4-2-1-3-5-16)31-32(21)27-30-26(34)24(37-27)14-25(33)29-19-10-11-22-23(12-19)36-15-35-22/h1-12,21,24H,13-15H2,(H,29,33)/t21-,24+/m1/s1. The highest BCUT2D eigenvalue weighted by molar-refractivity contribution is 8.15. The number of hydrogen-bond acceptors (Lipinski definition) is 7. The van der Waals surface area contributed by atoms with E-state index in [1.54, 1.807) is 35.3 Å². The third-order valence-electron chi connectivity index (χ3n) is 6.22. The fraction of sp³-hybridized carbons (Fsp3) is 0.185. The van der Waals surface area contributed by atoms with Crippen molar-refractivity contribution in [2.24, 2.45) is 10.1 Å². The van der Waals surface area contributed by atoms with Crippen molar-refractivity contribution in [3.63, 3.8) is 0 Å². The smallest absolute Gasteiger partial charge is 0.262 e.